The third kappa shape index (κ3) is 5.90. The molecule has 0 saturated heterocycles. The molecule has 13 rings (SSSR count). The third-order valence-corrected chi connectivity index (χ3v) is 14.1. The minimum absolute atomic E-state index is 0.103. The minimum Gasteiger partial charge on any atom is -0.310 e. The molecule has 0 bridgehead atoms. The van der Waals surface area contributed by atoms with Crippen molar-refractivity contribution in [3.63, 3.8) is 0 Å². The molecular formula is C63H45N3. The molecule has 10 aromatic carbocycles. The van der Waals surface area contributed by atoms with Crippen molar-refractivity contribution < 1.29 is 0 Å². The molecule has 1 aliphatic rings. The van der Waals surface area contributed by atoms with Crippen LogP contribution in [0.2, 0.25) is 0 Å². The molecule has 0 saturated carbocycles. The highest BCUT2D eigenvalue weighted by Crippen LogP contribution is 2.51. The highest BCUT2D eigenvalue weighted by Gasteiger charge is 2.35. The number of rotatable bonds is 7. The van der Waals surface area contributed by atoms with Crippen molar-refractivity contribution in [2.45, 2.75) is 19.3 Å². The van der Waals surface area contributed by atoms with Gasteiger partial charge in [0.25, 0.3) is 0 Å². The molecule has 0 N–H and O–H groups in total. The first kappa shape index (κ1) is 38.1. The number of anilines is 3. The molecule has 312 valence electrons. The van der Waals surface area contributed by atoms with Crippen LogP contribution in [-0.2, 0) is 5.41 Å². The van der Waals surface area contributed by atoms with Crippen LogP contribution in [-0.4, -0.2) is 9.13 Å². The van der Waals surface area contributed by atoms with E-state index < -0.39 is 0 Å². The van der Waals surface area contributed by atoms with Crippen molar-refractivity contribution in [3.05, 3.63) is 248 Å². The van der Waals surface area contributed by atoms with Gasteiger partial charge in [-0.2, -0.15) is 0 Å². The first-order valence-corrected chi connectivity index (χ1v) is 22.9. The first-order valence-electron chi connectivity index (χ1n) is 22.9. The van der Waals surface area contributed by atoms with E-state index in [0.29, 0.717) is 0 Å². The Kier molecular flexibility index (Phi) is 8.56. The van der Waals surface area contributed by atoms with Gasteiger partial charge in [0.15, 0.2) is 0 Å². The number of hydrogen-bond donors (Lipinski definition) is 0. The fourth-order valence-corrected chi connectivity index (χ4v) is 10.9. The predicted octanol–water partition coefficient (Wildman–Crippen LogP) is 17.0. The van der Waals surface area contributed by atoms with Gasteiger partial charge in [-0.25, -0.2) is 0 Å². The summed E-state index contributed by atoms with van der Waals surface area (Å²) in [5.41, 5.74) is 20.5. The SMILES string of the molecule is CC1(C)c2ccccc2-c2ccc(N(c3ccc(-c4ccccc4)cc3)c3ccc(-c4ccc(-n5c6ccccc6c6ccc(-n7c8ccccc8c8ccccc87)cc65)cc4)cc3)cc21. The maximum atomic E-state index is 2.42. The highest BCUT2D eigenvalue weighted by atomic mass is 15.1. The van der Waals surface area contributed by atoms with Gasteiger partial charge in [-0.1, -0.05) is 172 Å². The van der Waals surface area contributed by atoms with Crippen LogP contribution in [0.25, 0.3) is 88.4 Å². The van der Waals surface area contributed by atoms with Crippen LogP contribution in [0.3, 0.4) is 0 Å². The molecule has 3 heteroatoms. The van der Waals surface area contributed by atoms with Crippen molar-refractivity contribution in [2.75, 3.05) is 4.90 Å². The number of para-hydroxylation sites is 3. The Hall–Kier alpha value is -8.40. The molecule has 0 atom stereocenters. The zero-order chi connectivity index (χ0) is 43.9. The van der Waals surface area contributed by atoms with Gasteiger partial charge in [-0.3, -0.25) is 0 Å². The average Bonchev–Trinajstić information content (AvgIpc) is 3.97. The molecule has 0 amide bonds. The standard InChI is InChI=1S/C63H45N3/c1-63(2)57-20-10-6-16-51(57)52-38-36-49(40-58(52)63)64(46-30-24-43(25-31-46)42-14-4-3-5-15-42)47-32-26-44(27-33-47)45-28-34-48(35-29-45)65-59-21-11-9-19-55(59)56-39-37-50(41-62(56)65)66-60-22-12-7-17-53(60)54-18-8-13-23-61(54)66/h3-41H,1-2H3. The Bertz CT molecular complexity index is 3760. The fraction of sp³-hybridized carbons (Fsp3) is 0.0476. The van der Waals surface area contributed by atoms with E-state index in [2.05, 4.69) is 264 Å². The van der Waals surface area contributed by atoms with Gasteiger partial charge < -0.3 is 14.0 Å². The number of nitrogens with zero attached hydrogens (tertiary/aromatic N) is 3. The third-order valence-electron chi connectivity index (χ3n) is 14.1. The van der Waals surface area contributed by atoms with Crippen molar-refractivity contribution in [1.29, 1.82) is 0 Å². The van der Waals surface area contributed by atoms with E-state index in [1.165, 1.54) is 88.1 Å². The predicted molar refractivity (Wildman–Crippen MR) is 278 cm³/mol. The number of aromatic nitrogens is 2. The van der Waals surface area contributed by atoms with Crippen molar-refractivity contribution >= 4 is 60.7 Å². The summed E-state index contributed by atoms with van der Waals surface area (Å²) in [7, 11) is 0. The zero-order valence-corrected chi connectivity index (χ0v) is 36.9. The van der Waals surface area contributed by atoms with Crippen LogP contribution in [0.5, 0.6) is 0 Å². The number of benzene rings is 10. The van der Waals surface area contributed by atoms with Crippen LogP contribution >= 0.6 is 0 Å². The largest absolute Gasteiger partial charge is 0.310 e. The van der Waals surface area contributed by atoms with E-state index >= 15 is 0 Å². The Morgan fingerprint density at radius 3 is 1.32 bits per heavy atom. The smallest absolute Gasteiger partial charge is 0.0561 e. The molecule has 0 radical (unpaired) electrons. The van der Waals surface area contributed by atoms with Crippen molar-refractivity contribution in [3.8, 4) is 44.8 Å². The Labute approximate surface area is 384 Å². The lowest BCUT2D eigenvalue weighted by atomic mass is 9.82. The van der Waals surface area contributed by atoms with Crippen LogP contribution in [0, 0.1) is 0 Å². The normalized spacial score (nSPS) is 12.8. The van der Waals surface area contributed by atoms with Gasteiger partial charge in [0.2, 0.25) is 0 Å². The molecule has 0 fully saturated rings. The second-order valence-corrected chi connectivity index (χ2v) is 18.2. The van der Waals surface area contributed by atoms with Gasteiger partial charge in [0.05, 0.1) is 22.1 Å². The lowest BCUT2D eigenvalue weighted by Gasteiger charge is -2.28. The van der Waals surface area contributed by atoms with E-state index in [1.807, 2.05) is 0 Å². The summed E-state index contributed by atoms with van der Waals surface area (Å²) in [4.78, 5) is 2.40. The van der Waals surface area contributed by atoms with E-state index in [1.54, 1.807) is 0 Å². The van der Waals surface area contributed by atoms with Crippen LogP contribution < -0.4 is 4.90 Å². The lowest BCUT2D eigenvalue weighted by Crippen LogP contribution is -2.16. The summed E-state index contributed by atoms with van der Waals surface area (Å²) in [6, 6.07) is 86.8. The lowest BCUT2D eigenvalue weighted by molar-refractivity contribution is 0.660. The summed E-state index contributed by atoms with van der Waals surface area (Å²) in [6.07, 6.45) is 0. The summed E-state index contributed by atoms with van der Waals surface area (Å²) in [5, 5.41) is 5.02. The van der Waals surface area contributed by atoms with E-state index in [0.717, 1.165) is 28.4 Å². The molecule has 0 unspecified atom stereocenters. The maximum Gasteiger partial charge on any atom is 0.0561 e. The van der Waals surface area contributed by atoms with Gasteiger partial charge in [0, 0.05) is 55.4 Å². The topological polar surface area (TPSA) is 13.1 Å². The summed E-state index contributed by atoms with van der Waals surface area (Å²) in [6.45, 7) is 4.71. The Morgan fingerprint density at radius 2 is 0.727 bits per heavy atom. The van der Waals surface area contributed by atoms with Crippen molar-refractivity contribution in [1.82, 2.24) is 9.13 Å². The summed E-state index contributed by atoms with van der Waals surface area (Å²) in [5.74, 6) is 0. The fourth-order valence-electron chi connectivity index (χ4n) is 10.9. The van der Waals surface area contributed by atoms with Crippen LogP contribution in [0.15, 0.2) is 237 Å². The molecule has 12 aromatic rings. The van der Waals surface area contributed by atoms with Gasteiger partial charge in [-0.15, -0.1) is 0 Å². The quantitative estimate of drug-likeness (QED) is 0.156. The van der Waals surface area contributed by atoms with Crippen LogP contribution in [0.1, 0.15) is 25.0 Å². The zero-order valence-electron chi connectivity index (χ0n) is 36.9. The molecule has 2 heterocycles. The van der Waals surface area contributed by atoms with Gasteiger partial charge >= 0.3 is 0 Å². The van der Waals surface area contributed by atoms with Gasteiger partial charge in [0.1, 0.15) is 0 Å². The molecule has 0 aliphatic heterocycles. The molecule has 66 heavy (non-hydrogen) atoms. The van der Waals surface area contributed by atoms with Crippen molar-refractivity contribution in [2.24, 2.45) is 0 Å². The Morgan fingerprint density at radius 1 is 0.303 bits per heavy atom. The monoisotopic (exact) mass is 843 g/mol. The molecular weight excluding hydrogens is 799 g/mol. The van der Waals surface area contributed by atoms with E-state index in [-0.39, 0.29) is 5.41 Å². The van der Waals surface area contributed by atoms with E-state index in [9.17, 15) is 0 Å². The molecule has 3 nitrogen and oxygen atoms in total. The minimum atomic E-state index is -0.103. The Balaban J connectivity index is 0.876. The molecule has 0 spiro atoms. The first-order chi connectivity index (χ1) is 32.5. The second kappa shape index (κ2) is 14.8. The average molecular weight is 844 g/mol. The number of hydrogen-bond acceptors (Lipinski definition) is 1. The second-order valence-electron chi connectivity index (χ2n) is 18.2. The maximum absolute atomic E-state index is 2.42. The van der Waals surface area contributed by atoms with Crippen LogP contribution in [0.4, 0.5) is 17.1 Å². The van der Waals surface area contributed by atoms with E-state index in [4.69, 9.17) is 0 Å². The highest BCUT2D eigenvalue weighted by molar-refractivity contribution is 6.12. The van der Waals surface area contributed by atoms with Gasteiger partial charge in [-0.05, 0) is 123 Å². The summed E-state index contributed by atoms with van der Waals surface area (Å²) < 4.78 is 4.83. The molecule has 1 aliphatic carbocycles. The number of fused-ring (bicyclic) bond motifs is 9. The molecule has 2 aromatic heterocycles. The summed E-state index contributed by atoms with van der Waals surface area (Å²) >= 11 is 0.